The quantitative estimate of drug-likeness (QED) is 0.648. The van der Waals surface area contributed by atoms with Crippen molar-refractivity contribution in [1.29, 1.82) is 0 Å². The van der Waals surface area contributed by atoms with Gasteiger partial charge in [-0.3, -0.25) is 4.79 Å². The SMILES string of the molecule is CC(C)CCCC(C)NC(=O)COC(=O)c1cn(Cc2ccccc2)nn1. The van der Waals surface area contributed by atoms with E-state index >= 15 is 0 Å². The van der Waals surface area contributed by atoms with Crippen LogP contribution < -0.4 is 5.32 Å². The topological polar surface area (TPSA) is 86.1 Å². The lowest BCUT2D eigenvalue weighted by Crippen LogP contribution is -2.35. The van der Waals surface area contributed by atoms with E-state index < -0.39 is 5.97 Å². The van der Waals surface area contributed by atoms with Crippen molar-refractivity contribution in [1.82, 2.24) is 20.3 Å². The van der Waals surface area contributed by atoms with Crippen LogP contribution in [0, 0.1) is 5.92 Å². The van der Waals surface area contributed by atoms with Crippen molar-refractivity contribution in [2.24, 2.45) is 5.92 Å². The minimum Gasteiger partial charge on any atom is -0.451 e. The third kappa shape index (κ3) is 7.60. The number of aromatic nitrogens is 3. The number of hydrogen-bond acceptors (Lipinski definition) is 5. The second-order valence-corrected chi connectivity index (χ2v) is 7.16. The first-order valence-electron chi connectivity index (χ1n) is 9.34. The molecular weight excluding hydrogens is 344 g/mol. The van der Waals surface area contributed by atoms with E-state index in [1.807, 2.05) is 37.3 Å². The Morgan fingerprint density at radius 1 is 1.15 bits per heavy atom. The summed E-state index contributed by atoms with van der Waals surface area (Å²) in [5.74, 6) is -0.307. The standard InChI is InChI=1S/C20H28N4O3/c1-15(2)8-7-9-16(3)21-19(25)14-27-20(26)18-13-24(23-22-18)12-17-10-5-4-6-11-17/h4-6,10-11,13,15-16H,7-9,12,14H2,1-3H3,(H,21,25). The fourth-order valence-electron chi connectivity index (χ4n) is 2.67. The summed E-state index contributed by atoms with van der Waals surface area (Å²) in [7, 11) is 0. The van der Waals surface area contributed by atoms with Crippen molar-refractivity contribution >= 4 is 11.9 Å². The van der Waals surface area contributed by atoms with E-state index in [0.717, 1.165) is 24.8 Å². The van der Waals surface area contributed by atoms with Crippen molar-refractivity contribution in [3.05, 3.63) is 47.8 Å². The Morgan fingerprint density at radius 2 is 1.89 bits per heavy atom. The molecule has 1 aromatic heterocycles. The van der Waals surface area contributed by atoms with Crippen LogP contribution in [-0.2, 0) is 16.1 Å². The summed E-state index contributed by atoms with van der Waals surface area (Å²) < 4.78 is 6.59. The average molecular weight is 372 g/mol. The second-order valence-electron chi connectivity index (χ2n) is 7.16. The number of hydrogen-bond donors (Lipinski definition) is 1. The van der Waals surface area contributed by atoms with Gasteiger partial charge in [0.05, 0.1) is 12.7 Å². The monoisotopic (exact) mass is 372 g/mol. The molecule has 1 aromatic carbocycles. The van der Waals surface area contributed by atoms with E-state index in [2.05, 4.69) is 29.5 Å². The molecule has 7 heteroatoms. The minimum atomic E-state index is -0.656. The first kappa shape index (κ1) is 20.6. The second kappa shape index (κ2) is 10.4. The maximum Gasteiger partial charge on any atom is 0.361 e. The van der Waals surface area contributed by atoms with Gasteiger partial charge in [-0.25, -0.2) is 9.48 Å². The summed E-state index contributed by atoms with van der Waals surface area (Å²) in [6.45, 7) is 6.50. The highest BCUT2D eigenvalue weighted by molar-refractivity contribution is 5.89. The summed E-state index contributed by atoms with van der Waals surface area (Å²) >= 11 is 0. The summed E-state index contributed by atoms with van der Waals surface area (Å²) in [6.07, 6.45) is 4.62. The van der Waals surface area contributed by atoms with E-state index in [1.165, 1.54) is 6.20 Å². The number of nitrogens with one attached hydrogen (secondary N) is 1. The number of carbonyl (C=O) groups excluding carboxylic acids is 2. The Bertz CT molecular complexity index is 728. The fraction of sp³-hybridized carbons (Fsp3) is 0.500. The average Bonchev–Trinajstić information content (AvgIpc) is 3.08. The van der Waals surface area contributed by atoms with Gasteiger partial charge in [0, 0.05) is 6.04 Å². The van der Waals surface area contributed by atoms with Gasteiger partial charge < -0.3 is 10.1 Å². The van der Waals surface area contributed by atoms with Gasteiger partial charge in [-0.2, -0.15) is 0 Å². The molecule has 27 heavy (non-hydrogen) atoms. The van der Waals surface area contributed by atoms with Gasteiger partial charge in [-0.15, -0.1) is 5.10 Å². The maximum absolute atomic E-state index is 12.0. The molecule has 0 saturated heterocycles. The molecule has 1 amide bonds. The molecule has 0 aliphatic carbocycles. The molecular formula is C20H28N4O3. The molecule has 0 aliphatic rings. The van der Waals surface area contributed by atoms with Crippen LogP contribution in [0.15, 0.2) is 36.5 Å². The van der Waals surface area contributed by atoms with Crippen molar-refractivity contribution in [3.8, 4) is 0 Å². The first-order chi connectivity index (χ1) is 12.9. The van der Waals surface area contributed by atoms with Crippen LogP contribution in [0.2, 0.25) is 0 Å². The van der Waals surface area contributed by atoms with Gasteiger partial charge in [0.1, 0.15) is 0 Å². The van der Waals surface area contributed by atoms with Gasteiger partial charge in [-0.05, 0) is 24.8 Å². The summed E-state index contributed by atoms with van der Waals surface area (Å²) in [5.41, 5.74) is 1.14. The summed E-state index contributed by atoms with van der Waals surface area (Å²) in [5, 5.41) is 10.6. The third-order valence-corrected chi connectivity index (χ3v) is 4.10. The summed E-state index contributed by atoms with van der Waals surface area (Å²) in [6, 6.07) is 9.79. The smallest absolute Gasteiger partial charge is 0.361 e. The molecule has 2 rings (SSSR count). The lowest BCUT2D eigenvalue weighted by Gasteiger charge is -2.14. The molecule has 0 saturated carbocycles. The molecule has 2 aromatic rings. The number of benzene rings is 1. The van der Waals surface area contributed by atoms with E-state index in [9.17, 15) is 9.59 Å². The maximum atomic E-state index is 12.0. The van der Waals surface area contributed by atoms with Crippen LogP contribution in [0.25, 0.3) is 0 Å². The van der Waals surface area contributed by atoms with Crippen molar-refractivity contribution in [2.75, 3.05) is 6.61 Å². The molecule has 1 atom stereocenters. The van der Waals surface area contributed by atoms with Crippen LogP contribution in [-0.4, -0.2) is 39.5 Å². The number of amides is 1. The lowest BCUT2D eigenvalue weighted by molar-refractivity contribution is -0.124. The zero-order chi connectivity index (χ0) is 19.6. The largest absolute Gasteiger partial charge is 0.451 e. The van der Waals surface area contributed by atoms with Gasteiger partial charge in [0.25, 0.3) is 5.91 Å². The van der Waals surface area contributed by atoms with Gasteiger partial charge in [0.15, 0.2) is 12.3 Å². The fourth-order valence-corrected chi connectivity index (χ4v) is 2.67. The number of rotatable bonds is 10. The van der Waals surface area contributed by atoms with Crippen LogP contribution in [0.3, 0.4) is 0 Å². The molecule has 1 heterocycles. The first-order valence-corrected chi connectivity index (χ1v) is 9.34. The predicted molar refractivity (Wildman–Crippen MR) is 102 cm³/mol. The van der Waals surface area contributed by atoms with E-state index in [4.69, 9.17) is 4.74 Å². The highest BCUT2D eigenvalue weighted by Gasteiger charge is 2.15. The Kier molecular flexibility index (Phi) is 7.98. The van der Waals surface area contributed by atoms with E-state index in [0.29, 0.717) is 12.5 Å². The molecule has 146 valence electrons. The zero-order valence-corrected chi connectivity index (χ0v) is 16.2. The Hall–Kier alpha value is -2.70. The Balaban J connectivity index is 1.73. The molecule has 0 spiro atoms. The number of esters is 1. The molecule has 1 unspecified atom stereocenters. The molecule has 0 fully saturated rings. The molecule has 0 radical (unpaired) electrons. The molecule has 0 bridgehead atoms. The van der Waals surface area contributed by atoms with Gasteiger partial charge >= 0.3 is 5.97 Å². The normalized spacial score (nSPS) is 12.0. The number of ether oxygens (including phenoxy) is 1. The van der Waals surface area contributed by atoms with Crippen molar-refractivity contribution in [3.63, 3.8) is 0 Å². The third-order valence-electron chi connectivity index (χ3n) is 4.10. The highest BCUT2D eigenvalue weighted by Crippen LogP contribution is 2.08. The molecule has 7 nitrogen and oxygen atoms in total. The number of carbonyl (C=O) groups is 2. The zero-order valence-electron chi connectivity index (χ0n) is 16.2. The lowest BCUT2D eigenvalue weighted by atomic mass is 10.0. The Morgan fingerprint density at radius 3 is 2.59 bits per heavy atom. The molecule has 1 N–H and O–H groups in total. The van der Waals surface area contributed by atoms with Crippen LogP contribution >= 0.6 is 0 Å². The van der Waals surface area contributed by atoms with Crippen LogP contribution in [0.5, 0.6) is 0 Å². The van der Waals surface area contributed by atoms with Crippen LogP contribution in [0.1, 0.15) is 56.1 Å². The van der Waals surface area contributed by atoms with Crippen molar-refractivity contribution < 1.29 is 14.3 Å². The van der Waals surface area contributed by atoms with Gasteiger partial charge in [-0.1, -0.05) is 62.2 Å². The van der Waals surface area contributed by atoms with E-state index in [1.54, 1.807) is 4.68 Å². The summed E-state index contributed by atoms with van der Waals surface area (Å²) in [4.78, 5) is 23.9. The van der Waals surface area contributed by atoms with Crippen molar-refractivity contribution in [2.45, 2.75) is 52.6 Å². The highest BCUT2D eigenvalue weighted by atomic mass is 16.5. The van der Waals surface area contributed by atoms with E-state index in [-0.39, 0.29) is 24.2 Å². The van der Waals surface area contributed by atoms with Crippen LogP contribution in [0.4, 0.5) is 0 Å². The minimum absolute atomic E-state index is 0.0571. The Labute approximate surface area is 160 Å². The predicted octanol–water partition coefficient (Wildman–Crippen LogP) is 2.81. The number of nitrogens with zero attached hydrogens (tertiary/aromatic N) is 3. The van der Waals surface area contributed by atoms with Gasteiger partial charge in [0.2, 0.25) is 0 Å². The molecule has 0 aliphatic heterocycles.